The molecule has 0 amide bonds. The molecule has 0 aliphatic rings. The van der Waals surface area contributed by atoms with E-state index in [2.05, 4.69) is 0 Å². The van der Waals surface area contributed by atoms with E-state index in [1.165, 1.54) is 0 Å². The molecule has 5 nitrogen and oxygen atoms in total. The Bertz CT molecular complexity index is 1140. The Hall–Kier alpha value is -2.92. The topological polar surface area (TPSA) is 57.5 Å². The van der Waals surface area contributed by atoms with Crippen molar-refractivity contribution in [2.75, 3.05) is 6.61 Å². The molecule has 1 unspecified atom stereocenters. The number of benzene rings is 2. The zero-order valence-electron chi connectivity index (χ0n) is 18.5. The molecule has 2 aromatic carbocycles. The normalized spacial score (nSPS) is 12.4. The second kappa shape index (κ2) is 8.84. The van der Waals surface area contributed by atoms with Crippen molar-refractivity contribution in [1.29, 1.82) is 0 Å². The van der Waals surface area contributed by atoms with Gasteiger partial charge in [-0.1, -0.05) is 23.8 Å². The summed E-state index contributed by atoms with van der Waals surface area (Å²) in [6, 6.07) is 11.7. The fraction of sp³-hybridized carbons (Fsp3) is 0.360. The lowest BCUT2D eigenvalue weighted by molar-refractivity contribution is -0.121. The lowest BCUT2D eigenvalue weighted by atomic mass is 9.92. The average molecular weight is 408 g/mol. The quantitative estimate of drug-likeness (QED) is 0.524. The maximum Gasteiger partial charge on any atom is 0.258 e. The average Bonchev–Trinajstić information content (AvgIpc) is 2.70. The van der Waals surface area contributed by atoms with Gasteiger partial charge in [-0.25, -0.2) is 0 Å². The van der Waals surface area contributed by atoms with Crippen molar-refractivity contribution < 1.29 is 14.3 Å². The van der Waals surface area contributed by atoms with Crippen LogP contribution in [0.25, 0.3) is 21.9 Å². The summed E-state index contributed by atoms with van der Waals surface area (Å²) in [5, 5.41) is 1.43. The summed E-state index contributed by atoms with van der Waals surface area (Å²) >= 11 is 0. The number of aryl methyl sites for hydroxylation is 2. The van der Waals surface area contributed by atoms with Crippen LogP contribution >= 0.6 is 0 Å². The zero-order valence-corrected chi connectivity index (χ0v) is 18.5. The van der Waals surface area contributed by atoms with Gasteiger partial charge >= 0.3 is 0 Å². The molecule has 0 bridgehead atoms. The summed E-state index contributed by atoms with van der Waals surface area (Å²) in [5.74, 6) is 0.818. The fourth-order valence-corrected chi connectivity index (χ4v) is 3.86. The summed E-state index contributed by atoms with van der Waals surface area (Å²) in [7, 11) is 1.70. The van der Waals surface area contributed by atoms with Gasteiger partial charge in [-0.05, 0) is 69.3 Å². The number of rotatable bonds is 7. The van der Waals surface area contributed by atoms with Gasteiger partial charge in [0.15, 0.2) is 12.4 Å². The molecule has 30 heavy (non-hydrogen) atoms. The van der Waals surface area contributed by atoms with Gasteiger partial charge in [0.05, 0.1) is 18.4 Å². The Morgan fingerprint density at radius 3 is 2.40 bits per heavy atom. The number of pyridine rings is 1. The van der Waals surface area contributed by atoms with E-state index in [1.807, 2.05) is 71.0 Å². The van der Waals surface area contributed by atoms with Crippen molar-refractivity contribution >= 4 is 17.1 Å². The molecule has 1 aromatic heterocycles. The first-order valence-electron chi connectivity index (χ1n) is 10.3. The van der Waals surface area contributed by atoms with E-state index in [4.69, 9.17) is 9.47 Å². The van der Waals surface area contributed by atoms with E-state index in [1.54, 1.807) is 11.6 Å². The van der Waals surface area contributed by atoms with Crippen LogP contribution in [0.1, 0.15) is 43.7 Å². The van der Waals surface area contributed by atoms with Crippen molar-refractivity contribution in [3.8, 4) is 16.9 Å². The van der Waals surface area contributed by atoms with Crippen molar-refractivity contribution in [3.63, 3.8) is 0 Å². The van der Waals surface area contributed by atoms with E-state index in [-0.39, 0.29) is 11.7 Å². The first-order valence-corrected chi connectivity index (χ1v) is 10.3. The predicted molar refractivity (Wildman–Crippen MR) is 120 cm³/mol. The van der Waals surface area contributed by atoms with E-state index >= 15 is 0 Å². The molecule has 3 aromatic rings. The van der Waals surface area contributed by atoms with Gasteiger partial charge in [0.2, 0.25) is 0 Å². The summed E-state index contributed by atoms with van der Waals surface area (Å²) in [6.07, 6.45) is -0.255. The molecule has 3 rings (SSSR count). The van der Waals surface area contributed by atoms with Crippen LogP contribution in [0.15, 0.2) is 41.2 Å². The van der Waals surface area contributed by atoms with Crippen LogP contribution in [-0.2, 0) is 16.6 Å². The highest BCUT2D eigenvalue weighted by molar-refractivity contribution is 5.98. The van der Waals surface area contributed by atoms with Gasteiger partial charge < -0.3 is 18.8 Å². The number of ether oxygens (including phenoxy) is 2. The largest absolute Gasteiger partial charge is 0.494 e. The van der Waals surface area contributed by atoms with E-state index in [0.29, 0.717) is 17.7 Å². The molecular weight excluding hydrogens is 378 g/mol. The summed E-state index contributed by atoms with van der Waals surface area (Å²) in [6.45, 7) is 10.3. The Morgan fingerprint density at radius 2 is 1.80 bits per heavy atom. The number of hydrogen-bond acceptors (Lipinski definition) is 4. The van der Waals surface area contributed by atoms with Gasteiger partial charge in [0.25, 0.3) is 5.56 Å². The molecule has 0 spiro atoms. The standard InChI is InChI=1S/C25H29NO4/c1-7-29-21-11-9-18(13-17(21)5)23-20-12-16(4)8-10-19(20)25(28)26(6)24(23)22(14-27)30-15(2)3/h8-15,22H,7H2,1-6H3. The van der Waals surface area contributed by atoms with Crippen LogP contribution in [0, 0.1) is 13.8 Å². The highest BCUT2D eigenvalue weighted by Crippen LogP contribution is 2.37. The minimum absolute atomic E-state index is 0.148. The number of nitrogens with zero attached hydrogens (tertiary/aromatic N) is 1. The SMILES string of the molecule is CCOc1ccc(-c2c(C(C=O)OC(C)C)n(C)c(=O)c3ccc(C)cc23)cc1C. The third kappa shape index (κ3) is 4.03. The number of carbonyl (C=O) groups excluding carboxylic acids is 1. The first kappa shape index (κ1) is 21.8. The molecule has 1 atom stereocenters. The molecular formula is C25H29NO4. The molecule has 5 heteroatoms. The Kier molecular flexibility index (Phi) is 6.42. The minimum atomic E-state index is -0.852. The van der Waals surface area contributed by atoms with E-state index in [0.717, 1.165) is 39.7 Å². The molecule has 0 N–H and O–H groups in total. The van der Waals surface area contributed by atoms with Crippen LogP contribution in [0.5, 0.6) is 5.75 Å². The molecule has 0 fully saturated rings. The third-order valence-corrected chi connectivity index (χ3v) is 5.17. The van der Waals surface area contributed by atoms with Crippen molar-refractivity contribution in [2.24, 2.45) is 7.05 Å². The monoisotopic (exact) mass is 407 g/mol. The van der Waals surface area contributed by atoms with Crippen LogP contribution < -0.4 is 10.3 Å². The molecule has 158 valence electrons. The summed E-state index contributed by atoms with van der Waals surface area (Å²) in [4.78, 5) is 25.2. The second-order valence-corrected chi connectivity index (χ2v) is 7.83. The maximum atomic E-state index is 13.1. The third-order valence-electron chi connectivity index (χ3n) is 5.17. The maximum absolute atomic E-state index is 13.1. The molecule has 0 aliphatic carbocycles. The number of carbonyl (C=O) groups is 1. The van der Waals surface area contributed by atoms with Gasteiger partial charge in [0, 0.05) is 18.0 Å². The zero-order chi connectivity index (χ0) is 22.0. The van der Waals surface area contributed by atoms with E-state index in [9.17, 15) is 9.59 Å². The Balaban J connectivity index is 2.42. The number of aromatic nitrogens is 1. The van der Waals surface area contributed by atoms with Gasteiger partial charge in [-0.15, -0.1) is 0 Å². The van der Waals surface area contributed by atoms with Gasteiger partial charge in [-0.2, -0.15) is 0 Å². The fourth-order valence-electron chi connectivity index (χ4n) is 3.86. The van der Waals surface area contributed by atoms with Crippen LogP contribution in [0.2, 0.25) is 0 Å². The lowest BCUT2D eigenvalue weighted by Gasteiger charge is -2.24. The van der Waals surface area contributed by atoms with Gasteiger partial charge in [-0.3, -0.25) is 4.79 Å². The molecule has 0 saturated heterocycles. The molecule has 0 radical (unpaired) electrons. The smallest absolute Gasteiger partial charge is 0.258 e. The highest BCUT2D eigenvalue weighted by atomic mass is 16.5. The Labute approximate surface area is 177 Å². The van der Waals surface area contributed by atoms with Crippen molar-refractivity contribution in [2.45, 2.75) is 46.8 Å². The molecule has 0 aliphatic heterocycles. The van der Waals surface area contributed by atoms with Gasteiger partial charge in [0.1, 0.15) is 5.75 Å². The van der Waals surface area contributed by atoms with Crippen LogP contribution in [0.4, 0.5) is 0 Å². The van der Waals surface area contributed by atoms with Crippen molar-refractivity contribution in [3.05, 3.63) is 63.6 Å². The van der Waals surface area contributed by atoms with Crippen LogP contribution in [0.3, 0.4) is 0 Å². The Morgan fingerprint density at radius 1 is 1.07 bits per heavy atom. The van der Waals surface area contributed by atoms with E-state index < -0.39 is 6.10 Å². The highest BCUT2D eigenvalue weighted by Gasteiger charge is 2.25. The summed E-state index contributed by atoms with van der Waals surface area (Å²) < 4.78 is 13.1. The summed E-state index contributed by atoms with van der Waals surface area (Å²) in [5.41, 5.74) is 4.19. The lowest BCUT2D eigenvalue weighted by Crippen LogP contribution is -2.26. The number of aldehydes is 1. The molecule has 1 heterocycles. The van der Waals surface area contributed by atoms with Crippen LogP contribution in [-0.4, -0.2) is 23.6 Å². The molecule has 0 saturated carbocycles. The number of fused-ring (bicyclic) bond motifs is 1. The second-order valence-electron chi connectivity index (χ2n) is 7.83. The first-order chi connectivity index (χ1) is 14.3. The minimum Gasteiger partial charge on any atom is -0.494 e. The van der Waals surface area contributed by atoms with Crippen molar-refractivity contribution in [1.82, 2.24) is 4.57 Å². The number of hydrogen-bond donors (Lipinski definition) is 0. The predicted octanol–water partition coefficient (Wildman–Crippen LogP) is 4.89.